The summed E-state index contributed by atoms with van der Waals surface area (Å²) in [5.74, 6) is 0.00309. The van der Waals surface area contributed by atoms with Crippen LogP contribution in [0.15, 0.2) is 30.3 Å². The highest BCUT2D eigenvalue weighted by Gasteiger charge is 2.72. The first-order valence-corrected chi connectivity index (χ1v) is 9.97. The Bertz CT molecular complexity index is 677. The number of likely N-dealkylation sites (N-methyl/N-ethyl adjacent to an activating group) is 1. The number of nitrogens with zero attached hydrogens (tertiary/aromatic N) is 1. The lowest BCUT2D eigenvalue weighted by atomic mass is 9.94. The average Bonchev–Trinajstić information content (AvgIpc) is 3.51. The van der Waals surface area contributed by atoms with Gasteiger partial charge >= 0.3 is 5.97 Å². The second-order valence-electron chi connectivity index (χ2n) is 8.85. The van der Waals surface area contributed by atoms with Crippen molar-refractivity contribution in [2.24, 2.45) is 5.92 Å². The molecule has 4 aliphatic rings. The molecule has 3 saturated heterocycles. The first kappa shape index (κ1) is 19.4. The fourth-order valence-electron chi connectivity index (χ4n) is 5.53. The van der Waals surface area contributed by atoms with Crippen molar-refractivity contribution in [1.29, 1.82) is 0 Å². The molecule has 5 rings (SSSR count). The summed E-state index contributed by atoms with van der Waals surface area (Å²) in [5.41, 5.74) is 0.819. The molecule has 0 spiro atoms. The van der Waals surface area contributed by atoms with E-state index in [1.165, 1.54) is 19.4 Å². The number of piperidine rings is 1. The number of carbonyl (C=O) groups is 1. The fourth-order valence-corrected chi connectivity index (χ4v) is 5.53. The van der Waals surface area contributed by atoms with Crippen molar-refractivity contribution < 1.29 is 40.8 Å². The van der Waals surface area contributed by atoms with Gasteiger partial charge in [-0.25, -0.2) is 0 Å². The number of epoxide rings is 1. The van der Waals surface area contributed by atoms with E-state index in [4.69, 9.17) is 9.47 Å². The Balaban J connectivity index is 0.00000180. The largest absolute Gasteiger partial charge is 1.00 e. The van der Waals surface area contributed by atoms with Crippen LogP contribution in [-0.2, 0) is 14.3 Å². The molecule has 7 atom stereocenters. The number of esters is 1. The SMILES string of the molecule is C[N+]1(CC2CC2)[C@@H]2CC(OC(=O)[C@@H](CO)c3ccccc3)C[C@H]1[C@@H]1O[C@@H]12.[Br-]. The predicted octanol–water partition coefficient (Wildman–Crippen LogP) is -1.15. The van der Waals surface area contributed by atoms with Gasteiger partial charge in [-0.3, -0.25) is 4.79 Å². The number of aliphatic hydroxyl groups excluding tert-OH is 1. The predicted molar refractivity (Wildman–Crippen MR) is 95.4 cm³/mol. The van der Waals surface area contributed by atoms with E-state index in [0.29, 0.717) is 24.3 Å². The van der Waals surface area contributed by atoms with Crippen LogP contribution in [0.25, 0.3) is 0 Å². The van der Waals surface area contributed by atoms with E-state index in [-0.39, 0.29) is 35.7 Å². The molecule has 1 aliphatic carbocycles. The molecule has 1 saturated carbocycles. The van der Waals surface area contributed by atoms with Crippen LogP contribution in [0.3, 0.4) is 0 Å². The van der Waals surface area contributed by atoms with E-state index in [9.17, 15) is 9.90 Å². The molecule has 6 heteroatoms. The zero-order valence-electron chi connectivity index (χ0n) is 15.7. The van der Waals surface area contributed by atoms with Crippen molar-refractivity contribution in [3.63, 3.8) is 0 Å². The van der Waals surface area contributed by atoms with Crippen LogP contribution in [0.5, 0.6) is 0 Å². The number of hydrogen-bond donors (Lipinski definition) is 1. The summed E-state index contributed by atoms with van der Waals surface area (Å²) in [4.78, 5) is 12.7. The Hall–Kier alpha value is -0.950. The molecule has 0 aromatic heterocycles. The molecular formula is C21H28BrNO4. The van der Waals surface area contributed by atoms with Gasteiger partial charge in [0.05, 0.1) is 20.2 Å². The monoisotopic (exact) mass is 437 g/mol. The lowest BCUT2D eigenvalue weighted by Gasteiger charge is -2.48. The summed E-state index contributed by atoms with van der Waals surface area (Å²) < 4.78 is 12.9. The van der Waals surface area contributed by atoms with Crippen molar-refractivity contribution in [3.8, 4) is 0 Å². The highest BCUT2D eigenvalue weighted by molar-refractivity contribution is 5.78. The molecule has 148 valence electrons. The van der Waals surface area contributed by atoms with Crippen LogP contribution in [0.2, 0.25) is 0 Å². The second-order valence-corrected chi connectivity index (χ2v) is 8.85. The average molecular weight is 438 g/mol. The van der Waals surface area contributed by atoms with Crippen LogP contribution in [0.1, 0.15) is 37.2 Å². The van der Waals surface area contributed by atoms with Crippen LogP contribution in [0.4, 0.5) is 0 Å². The van der Waals surface area contributed by atoms with Gasteiger partial charge in [-0.15, -0.1) is 0 Å². The van der Waals surface area contributed by atoms with Crippen LogP contribution < -0.4 is 17.0 Å². The van der Waals surface area contributed by atoms with E-state index in [2.05, 4.69) is 7.05 Å². The zero-order valence-corrected chi connectivity index (χ0v) is 17.3. The lowest BCUT2D eigenvalue weighted by molar-refractivity contribution is -0.957. The fraction of sp³-hybridized carbons (Fsp3) is 0.667. The number of benzene rings is 1. The van der Waals surface area contributed by atoms with Gasteiger partial charge in [0.15, 0.2) is 0 Å². The normalized spacial score (nSPS) is 39.9. The number of carbonyl (C=O) groups excluding carboxylic acids is 1. The van der Waals surface area contributed by atoms with Gasteiger partial charge in [0.1, 0.15) is 36.3 Å². The van der Waals surface area contributed by atoms with Gasteiger partial charge in [-0.1, -0.05) is 30.3 Å². The van der Waals surface area contributed by atoms with Crippen molar-refractivity contribution in [1.82, 2.24) is 0 Å². The number of rotatable bonds is 6. The summed E-state index contributed by atoms with van der Waals surface area (Å²) in [5, 5.41) is 9.71. The lowest BCUT2D eigenvalue weighted by Crippen LogP contribution is -3.00. The maximum absolute atomic E-state index is 12.7. The topological polar surface area (TPSA) is 59.1 Å². The Labute approximate surface area is 171 Å². The summed E-state index contributed by atoms with van der Waals surface area (Å²) in [6.45, 7) is 1.04. The molecule has 3 heterocycles. The van der Waals surface area contributed by atoms with E-state index in [1.807, 2.05) is 30.3 Å². The van der Waals surface area contributed by atoms with Gasteiger partial charge in [0.25, 0.3) is 0 Å². The first-order chi connectivity index (χ1) is 12.6. The first-order valence-electron chi connectivity index (χ1n) is 9.97. The molecule has 5 nitrogen and oxygen atoms in total. The number of quaternary nitrogens is 1. The quantitative estimate of drug-likeness (QED) is 0.346. The van der Waals surface area contributed by atoms with Gasteiger partial charge in [-0.05, 0) is 18.4 Å². The molecule has 2 unspecified atom stereocenters. The van der Waals surface area contributed by atoms with Gasteiger partial charge in [0.2, 0.25) is 0 Å². The Morgan fingerprint density at radius 2 is 1.85 bits per heavy atom. The van der Waals surface area contributed by atoms with E-state index in [1.54, 1.807) is 0 Å². The molecule has 1 N–H and O–H groups in total. The minimum atomic E-state index is -0.589. The van der Waals surface area contributed by atoms with Gasteiger partial charge < -0.3 is 36.0 Å². The maximum atomic E-state index is 12.7. The molecular weight excluding hydrogens is 410 g/mol. The third-order valence-corrected chi connectivity index (χ3v) is 7.14. The Morgan fingerprint density at radius 3 is 2.41 bits per heavy atom. The van der Waals surface area contributed by atoms with Crippen molar-refractivity contribution in [3.05, 3.63) is 35.9 Å². The molecule has 1 aromatic carbocycles. The molecule has 27 heavy (non-hydrogen) atoms. The number of ether oxygens (including phenoxy) is 2. The summed E-state index contributed by atoms with van der Waals surface area (Å²) >= 11 is 0. The van der Waals surface area contributed by atoms with E-state index >= 15 is 0 Å². The molecule has 4 fully saturated rings. The smallest absolute Gasteiger partial charge is 0.316 e. The third-order valence-electron chi connectivity index (χ3n) is 7.14. The summed E-state index contributed by atoms with van der Waals surface area (Å²) in [6.07, 6.45) is 5.22. The van der Waals surface area contributed by atoms with E-state index in [0.717, 1.165) is 28.8 Å². The third kappa shape index (κ3) is 3.35. The van der Waals surface area contributed by atoms with Gasteiger partial charge in [0, 0.05) is 18.8 Å². The highest BCUT2D eigenvalue weighted by Crippen LogP contribution is 2.54. The summed E-state index contributed by atoms with van der Waals surface area (Å²) in [7, 11) is 2.39. The number of halogens is 1. The summed E-state index contributed by atoms with van der Waals surface area (Å²) in [6, 6.07) is 10.4. The number of fused-ring (bicyclic) bond motifs is 5. The van der Waals surface area contributed by atoms with Crippen molar-refractivity contribution in [2.45, 2.75) is 62.0 Å². The highest BCUT2D eigenvalue weighted by atomic mass is 79.9. The number of morpholine rings is 1. The van der Waals surface area contributed by atoms with Crippen LogP contribution >= 0.6 is 0 Å². The number of hydrogen-bond acceptors (Lipinski definition) is 4. The standard InChI is InChI=1S/C21H28NO4.BrH/c1-22(11-13-7-8-13)17-9-15(10-18(22)20-19(17)26-20)25-21(24)16(12-23)14-5-3-2-4-6-14;/h2-6,13,15-20,23H,7-12H2,1H3;1H/q+1;/p-1/t15?,16-,17-,18+,19-,20+,22?;/m0./s1. The Morgan fingerprint density at radius 1 is 1.22 bits per heavy atom. The second kappa shape index (κ2) is 7.14. The minimum absolute atomic E-state index is 0. The van der Waals surface area contributed by atoms with Crippen LogP contribution in [-0.4, -0.2) is 66.2 Å². The van der Waals surface area contributed by atoms with Crippen molar-refractivity contribution in [2.75, 3.05) is 20.2 Å². The van der Waals surface area contributed by atoms with Gasteiger partial charge in [-0.2, -0.15) is 0 Å². The molecule has 0 amide bonds. The molecule has 3 aliphatic heterocycles. The molecule has 2 bridgehead atoms. The zero-order chi connectivity index (χ0) is 17.9. The molecule has 1 aromatic rings. The van der Waals surface area contributed by atoms with Crippen molar-refractivity contribution >= 4 is 5.97 Å². The minimum Gasteiger partial charge on any atom is -1.00 e. The van der Waals surface area contributed by atoms with E-state index < -0.39 is 5.92 Å². The van der Waals surface area contributed by atoms with Crippen LogP contribution in [0, 0.1) is 5.92 Å². The molecule has 0 radical (unpaired) electrons. The Kier molecular flexibility index (Phi) is 5.12. The number of aliphatic hydroxyl groups is 1. The maximum Gasteiger partial charge on any atom is 0.316 e.